The van der Waals surface area contributed by atoms with E-state index in [1.54, 1.807) is 0 Å². The van der Waals surface area contributed by atoms with Crippen molar-refractivity contribution in [1.82, 2.24) is 0 Å². The lowest BCUT2D eigenvalue weighted by atomic mass is 10.1. The molecular weight excluding hydrogens is 212 g/mol. The minimum Gasteiger partial charge on any atom is -0.481 e. The molecule has 0 amide bonds. The highest BCUT2D eigenvalue weighted by Gasteiger charge is 1.98. The van der Waals surface area contributed by atoms with Gasteiger partial charge in [-0.1, -0.05) is 12.8 Å². The lowest BCUT2D eigenvalue weighted by Crippen LogP contribution is -2.11. The summed E-state index contributed by atoms with van der Waals surface area (Å²) in [6.07, 6.45) is 3.28. The van der Waals surface area contributed by atoms with Gasteiger partial charge in [0, 0.05) is 25.9 Å². The number of carbonyl (C=O) groups is 2. The van der Waals surface area contributed by atoms with E-state index in [4.69, 9.17) is 21.7 Å². The molecule has 0 bridgehead atoms. The Morgan fingerprint density at radius 1 is 0.750 bits per heavy atom. The van der Waals surface area contributed by atoms with Crippen LogP contribution in [0.1, 0.15) is 38.5 Å². The number of rotatable bonds is 8. The van der Waals surface area contributed by atoms with E-state index < -0.39 is 11.9 Å². The molecule has 6 N–H and O–H groups in total. The van der Waals surface area contributed by atoms with Crippen LogP contribution in [0.25, 0.3) is 0 Å². The van der Waals surface area contributed by atoms with Gasteiger partial charge in [0.2, 0.25) is 0 Å². The van der Waals surface area contributed by atoms with Gasteiger partial charge in [-0.05, 0) is 12.8 Å². The summed E-state index contributed by atoms with van der Waals surface area (Å²) in [7, 11) is 0. The fourth-order valence-electron chi connectivity index (χ4n) is 0.906. The Labute approximate surface area is 95.6 Å². The van der Waals surface area contributed by atoms with Gasteiger partial charge in [0.05, 0.1) is 0 Å². The summed E-state index contributed by atoms with van der Waals surface area (Å²) in [4.78, 5) is 20.1. The molecule has 0 aliphatic heterocycles. The SMILES string of the molecule is NCCN.O=C(O)CCCCCCC(=O)O. The molecule has 0 aromatic heterocycles. The topological polar surface area (TPSA) is 127 Å². The molecule has 96 valence electrons. The van der Waals surface area contributed by atoms with E-state index in [-0.39, 0.29) is 12.8 Å². The molecule has 0 saturated heterocycles. The Balaban J connectivity index is 0. The molecule has 0 unspecified atom stereocenters. The number of carboxylic acids is 2. The van der Waals surface area contributed by atoms with Crippen LogP contribution in [-0.4, -0.2) is 35.2 Å². The molecule has 0 saturated carbocycles. The van der Waals surface area contributed by atoms with E-state index in [2.05, 4.69) is 0 Å². The Bertz CT molecular complexity index is 166. The molecule has 0 fully saturated rings. The van der Waals surface area contributed by atoms with Crippen LogP contribution < -0.4 is 11.5 Å². The van der Waals surface area contributed by atoms with Crippen LogP contribution in [0, 0.1) is 0 Å². The smallest absolute Gasteiger partial charge is 0.303 e. The van der Waals surface area contributed by atoms with Crippen molar-refractivity contribution in [1.29, 1.82) is 0 Å². The summed E-state index contributed by atoms with van der Waals surface area (Å²) < 4.78 is 0. The van der Waals surface area contributed by atoms with E-state index in [9.17, 15) is 9.59 Å². The maximum absolute atomic E-state index is 10.0. The lowest BCUT2D eigenvalue weighted by Gasteiger charge is -1.96. The maximum atomic E-state index is 10.0. The summed E-state index contributed by atoms with van der Waals surface area (Å²) in [6.45, 7) is 1.19. The minimum absolute atomic E-state index is 0.188. The second-order valence-corrected chi connectivity index (χ2v) is 3.28. The second kappa shape index (κ2) is 13.9. The van der Waals surface area contributed by atoms with Gasteiger partial charge >= 0.3 is 11.9 Å². The van der Waals surface area contributed by atoms with E-state index in [0.29, 0.717) is 25.9 Å². The number of aliphatic carboxylic acids is 2. The van der Waals surface area contributed by atoms with Gasteiger partial charge in [0.1, 0.15) is 0 Å². The number of hydrogen-bond donors (Lipinski definition) is 4. The normalized spacial score (nSPS) is 9.12. The standard InChI is InChI=1S/C8H14O4.C2H8N2/c9-7(10)5-3-1-2-4-6-8(11)12;3-1-2-4/h1-6H2,(H,9,10)(H,11,12);1-4H2. The van der Waals surface area contributed by atoms with Crippen molar-refractivity contribution in [3.05, 3.63) is 0 Å². The van der Waals surface area contributed by atoms with Crippen LogP contribution in [0.3, 0.4) is 0 Å². The molecule has 6 heteroatoms. The molecule has 0 aromatic carbocycles. The Morgan fingerprint density at radius 3 is 1.25 bits per heavy atom. The van der Waals surface area contributed by atoms with Gasteiger partial charge in [-0.3, -0.25) is 9.59 Å². The zero-order valence-electron chi connectivity index (χ0n) is 9.52. The predicted octanol–water partition coefficient (Wildman–Crippen LogP) is 0.400. The van der Waals surface area contributed by atoms with Crippen LogP contribution in [-0.2, 0) is 9.59 Å². The van der Waals surface area contributed by atoms with Gasteiger partial charge in [-0.15, -0.1) is 0 Å². The average molecular weight is 234 g/mol. The minimum atomic E-state index is -0.784. The molecule has 0 aliphatic rings. The fourth-order valence-corrected chi connectivity index (χ4v) is 0.906. The Hall–Kier alpha value is -1.14. The first kappa shape index (κ1) is 17.3. The maximum Gasteiger partial charge on any atom is 0.303 e. The summed E-state index contributed by atoms with van der Waals surface area (Å²) in [5.41, 5.74) is 9.81. The highest BCUT2D eigenvalue weighted by atomic mass is 16.4. The number of nitrogens with two attached hydrogens (primary N) is 2. The van der Waals surface area contributed by atoms with Crippen LogP contribution in [0.4, 0.5) is 0 Å². The van der Waals surface area contributed by atoms with Crippen molar-refractivity contribution in [3.8, 4) is 0 Å². The molecule has 0 rings (SSSR count). The monoisotopic (exact) mass is 234 g/mol. The van der Waals surface area contributed by atoms with E-state index >= 15 is 0 Å². The first-order chi connectivity index (χ1) is 7.54. The van der Waals surface area contributed by atoms with Gasteiger partial charge in [0.25, 0.3) is 0 Å². The fraction of sp³-hybridized carbons (Fsp3) is 0.800. The lowest BCUT2D eigenvalue weighted by molar-refractivity contribution is -0.138. The largest absolute Gasteiger partial charge is 0.481 e. The highest BCUT2D eigenvalue weighted by Crippen LogP contribution is 2.04. The van der Waals surface area contributed by atoms with Crippen LogP contribution in [0.15, 0.2) is 0 Å². The summed E-state index contributed by atoms with van der Waals surface area (Å²) in [6, 6.07) is 0. The van der Waals surface area contributed by atoms with Crippen molar-refractivity contribution in [2.45, 2.75) is 38.5 Å². The van der Waals surface area contributed by atoms with Gasteiger partial charge in [0.15, 0.2) is 0 Å². The van der Waals surface area contributed by atoms with E-state index in [0.717, 1.165) is 12.8 Å². The molecule has 0 spiro atoms. The zero-order chi connectivity index (χ0) is 12.8. The highest BCUT2D eigenvalue weighted by molar-refractivity contribution is 5.66. The van der Waals surface area contributed by atoms with Crippen molar-refractivity contribution >= 4 is 11.9 Å². The number of carboxylic acid groups (broad SMARTS) is 2. The van der Waals surface area contributed by atoms with Crippen LogP contribution in [0.2, 0.25) is 0 Å². The Kier molecular flexibility index (Phi) is 15.0. The number of unbranched alkanes of at least 4 members (excludes halogenated alkanes) is 3. The third-order valence-electron chi connectivity index (χ3n) is 1.70. The van der Waals surface area contributed by atoms with E-state index in [1.165, 1.54) is 0 Å². The predicted molar refractivity (Wildman–Crippen MR) is 61.1 cm³/mol. The molecule has 0 radical (unpaired) electrons. The first-order valence-electron chi connectivity index (χ1n) is 5.38. The average Bonchev–Trinajstić information content (AvgIpc) is 2.23. The third kappa shape index (κ3) is 23.0. The first-order valence-corrected chi connectivity index (χ1v) is 5.38. The van der Waals surface area contributed by atoms with E-state index in [1.807, 2.05) is 0 Å². The van der Waals surface area contributed by atoms with Crippen molar-refractivity contribution in [2.24, 2.45) is 11.5 Å². The quantitative estimate of drug-likeness (QED) is 0.450. The molecule has 0 aliphatic carbocycles. The third-order valence-corrected chi connectivity index (χ3v) is 1.70. The molecule has 0 heterocycles. The molecule has 16 heavy (non-hydrogen) atoms. The van der Waals surface area contributed by atoms with Crippen molar-refractivity contribution < 1.29 is 19.8 Å². The van der Waals surface area contributed by atoms with Crippen molar-refractivity contribution in [2.75, 3.05) is 13.1 Å². The van der Waals surface area contributed by atoms with Gasteiger partial charge < -0.3 is 21.7 Å². The van der Waals surface area contributed by atoms with Crippen LogP contribution in [0.5, 0.6) is 0 Å². The van der Waals surface area contributed by atoms with Crippen molar-refractivity contribution in [3.63, 3.8) is 0 Å². The molecule has 0 aromatic rings. The number of hydrogen-bond acceptors (Lipinski definition) is 4. The molecular formula is C10H22N2O4. The Morgan fingerprint density at radius 2 is 1.06 bits per heavy atom. The van der Waals surface area contributed by atoms with Gasteiger partial charge in [-0.2, -0.15) is 0 Å². The summed E-state index contributed by atoms with van der Waals surface area (Å²) >= 11 is 0. The summed E-state index contributed by atoms with van der Waals surface area (Å²) in [5, 5.41) is 16.5. The zero-order valence-corrected chi connectivity index (χ0v) is 9.52. The summed E-state index contributed by atoms with van der Waals surface area (Å²) in [5.74, 6) is -1.57. The van der Waals surface area contributed by atoms with Crippen LogP contribution >= 0.6 is 0 Å². The molecule has 6 nitrogen and oxygen atoms in total. The van der Waals surface area contributed by atoms with Gasteiger partial charge in [-0.25, -0.2) is 0 Å². The molecule has 0 atom stereocenters. The second-order valence-electron chi connectivity index (χ2n) is 3.28.